The Morgan fingerprint density at radius 2 is 1.85 bits per heavy atom. The number of nitrogens with one attached hydrogen (secondary N) is 1. The van der Waals surface area contributed by atoms with Crippen molar-refractivity contribution in [1.82, 2.24) is 4.57 Å². The monoisotopic (exact) mass is 272 g/mol. The van der Waals surface area contributed by atoms with Gasteiger partial charge < -0.3 is 15.0 Å². The molecule has 0 bridgehead atoms. The summed E-state index contributed by atoms with van der Waals surface area (Å²) in [5.41, 5.74) is 0.866. The fourth-order valence-corrected chi connectivity index (χ4v) is 2.00. The standard InChI is InChI=1S/C15H16N2O3/c1-10(2)17-9-5-8-13(17)14(18)16-12-7-4-3-6-11(12)15(19)20/h3-10H,1-2H3,(H,16,18)(H,19,20). The predicted molar refractivity (Wildman–Crippen MR) is 76.2 cm³/mol. The number of nitrogens with zero attached hydrogens (tertiary/aromatic N) is 1. The average Bonchev–Trinajstić information content (AvgIpc) is 2.88. The third-order valence-corrected chi connectivity index (χ3v) is 2.97. The number of amides is 1. The van der Waals surface area contributed by atoms with Crippen LogP contribution in [-0.4, -0.2) is 21.6 Å². The SMILES string of the molecule is CC(C)n1cccc1C(=O)Nc1ccccc1C(=O)O. The van der Waals surface area contributed by atoms with E-state index in [1.54, 1.807) is 30.3 Å². The molecule has 104 valence electrons. The molecule has 0 saturated carbocycles. The molecule has 2 aromatic rings. The second-order valence-electron chi connectivity index (χ2n) is 4.70. The van der Waals surface area contributed by atoms with Gasteiger partial charge in [0.05, 0.1) is 11.3 Å². The molecule has 1 aromatic heterocycles. The molecule has 0 unspecified atom stereocenters. The lowest BCUT2D eigenvalue weighted by molar-refractivity contribution is 0.0698. The van der Waals surface area contributed by atoms with Crippen molar-refractivity contribution in [2.45, 2.75) is 19.9 Å². The van der Waals surface area contributed by atoms with E-state index >= 15 is 0 Å². The van der Waals surface area contributed by atoms with Gasteiger partial charge in [-0.25, -0.2) is 4.79 Å². The van der Waals surface area contributed by atoms with Crippen LogP contribution in [0.4, 0.5) is 5.69 Å². The highest BCUT2D eigenvalue weighted by molar-refractivity contribution is 6.07. The predicted octanol–water partition coefficient (Wildman–Crippen LogP) is 3.02. The average molecular weight is 272 g/mol. The number of hydrogen-bond donors (Lipinski definition) is 2. The highest BCUT2D eigenvalue weighted by atomic mass is 16.4. The summed E-state index contributed by atoms with van der Waals surface area (Å²) in [5, 5.41) is 11.7. The van der Waals surface area contributed by atoms with Gasteiger partial charge in [0.15, 0.2) is 0 Å². The molecular formula is C15H16N2O3. The van der Waals surface area contributed by atoms with Crippen LogP contribution in [-0.2, 0) is 0 Å². The molecule has 0 aliphatic rings. The highest BCUT2D eigenvalue weighted by Crippen LogP contribution is 2.17. The Morgan fingerprint density at radius 3 is 2.50 bits per heavy atom. The van der Waals surface area contributed by atoms with E-state index in [4.69, 9.17) is 5.11 Å². The molecule has 2 N–H and O–H groups in total. The van der Waals surface area contributed by atoms with E-state index in [1.807, 2.05) is 24.6 Å². The molecule has 0 saturated heterocycles. The minimum absolute atomic E-state index is 0.0727. The maximum Gasteiger partial charge on any atom is 0.337 e. The normalized spacial score (nSPS) is 10.6. The Kier molecular flexibility index (Phi) is 3.89. The topological polar surface area (TPSA) is 71.3 Å². The Morgan fingerprint density at radius 1 is 1.15 bits per heavy atom. The first kappa shape index (κ1) is 13.9. The van der Waals surface area contributed by atoms with Crippen LogP contribution in [0.1, 0.15) is 40.7 Å². The highest BCUT2D eigenvalue weighted by Gasteiger charge is 2.16. The van der Waals surface area contributed by atoms with E-state index in [0.29, 0.717) is 11.4 Å². The molecule has 0 radical (unpaired) electrons. The molecule has 20 heavy (non-hydrogen) atoms. The van der Waals surface area contributed by atoms with Gasteiger partial charge in [-0.2, -0.15) is 0 Å². The molecule has 5 nitrogen and oxygen atoms in total. The van der Waals surface area contributed by atoms with Gasteiger partial charge in [0, 0.05) is 12.2 Å². The maximum absolute atomic E-state index is 12.3. The molecule has 1 aromatic carbocycles. The number of para-hydroxylation sites is 1. The van der Waals surface area contributed by atoms with Crippen LogP contribution in [0.25, 0.3) is 0 Å². The third-order valence-electron chi connectivity index (χ3n) is 2.97. The van der Waals surface area contributed by atoms with Crippen molar-refractivity contribution in [1.29, 1.82) is 0 Å². The lowest BCUT2D eigenvalue weighted by Crippen LogP contribution is -2.19. The number of carbonyl (C=O) groups excluding carboxylic acids is 1. The van der Waals surface area contributed by atoms with Crippen LogP contribution in [0.2, 0.25) is 0 Å². The van der Waals surface area contributed by atoms with Crippen LogP contribution in [0.15, 0.2) is 42.6 Å². The summed E-state index contributed by atoms with van der Waals surface area (Å²) in [6.45, 7) is 3.95. The zero-order valence-corrected chi connectivity index (χ0v) is 11.3. The van der Waals surface area contributed by atoms with Crippen molar-refractivity contribution in [2.24, 2.45) is 0 Å². The summed E-state index contributed by atoms with van der Waals surface area (Å²) in [6.07, 6.45) is 1.82. The van der Waals surface area contributed by atoms with E-state index in [9.17, 15) is 9.59 Å². The van der Waals surface area contributed by atoms with Crippen molar-refractivity contribution in [3.8, 4) is 0 Å². The lowest BCUT2D eigenvalue weighted by atomic mass is 10.1. The van der Waals surface area contributed by atoms with Gasteiger partial charge in [-0.3, -0.25) is 4.79 Å². The van der Waals surface area contributed by atoms with Crippen molar-refractivity contribution in [3.05, 3.63) is 53.9 Å². The van der Waals surface area contributed by atoms with Gasteiger partial charge in [-0.1, -0.05) is 12.1 Å². The van der Waals surface area contributed by atoms with Crippen LogP contribution in [0, 0.1) is 0 Å². The van der Waals surface area contributed by atoms with E-state index < -0.39 is 5.97 Å². The van der Waals surface area contributed by atoms with Crippen molar-refractivity contribution in [3.63, 3.8) is 0 Å². The van der Waals surface area contributed by atoms with E-state index in [0.717, 1.165) is 0 Å². The smallest absolute Gasteiger partial charge is 0.337 e. The molecule has 2 rings (SSSR count). The minimum atomic E-state index is -1.07. The Labute approximate surface area is 116 Å². The Balaban J connectivity index is 2.29. The number of hydrogen-bond acceptors (Lipinski definition) is 2. The van der Waals surface area contributed by atoms with Crippen LogP contribution in [0.3, 0.4) is 0 Å². The van der Waals surface area contributed by atoms with Crippen molar-refractivity contribution < 1.29 is 14.7 Å². The molecule has 0 atom stereocenters. The molecule has 0 spiro atoms. The third kappa shape index (κ3) is 2.71. The first-order chi connectivity index (χ1) is 9.50. The number of carbonyl (C=O) groups is 2. The molecule has 1 amide bonds. The van der Waals surface area contributed by atoms with Crippen LogP contribution < -0.4 is 5.32 Å². The summed E-state index contributed by atoms with van der Waals surface area (Å²) in [5.74, 6) is -1.39. The zero-order valence-electron chi connectivity index (χ0n) is 11.3. The van der Waals surface area contributed by atoms with E-state index in [2.05, 4.69) is 5.32 Å². The summed E-state index contributed by atoms with van der Waals surface area (Å²) >= 11 is 0. The van der Waals surface area contributed by atoms with Crippen molar-refractivity contribution in [2.75, 3.05) is 5.32 Å². The van der Waals surface area contributed by atoms with Gasteiger partial charge >= 0.3 is 5.97 Å². The lowest BCUT2D eigenvalue weighted by Gasteiger charge is -2.13. The van der Waals surface area contributed by atoms with Crippen LogP contribution in [0.5, 0.6) is 0 Å². The number of benzene rings is 1. The molecule has 0 fully saturated rings. The Bertz CT molecular complexity index is 644. The molecular weight excluding hydrogens is 256 g/mol. The fourth-order valence-electron chi connectivity index (χ4n) is 2.00. The largest absolute Gasteiger partial charge is 0.478 e. The first-order valence-electron chi connectivity index (χ1n) is 6.31. The van der Waals surface area contributed by atoms with Gasteiger partial charge in [0.25, 0.3) is 5.91 Å². The minimum Gasteiger partial charge on any atom is -0.478 e. The summed E-state index contributed by atoms with van der Waals surface area (Å²) < 4.78 is 1.83. The summed E-state index contributed by atoms with van der Waals surface area (Å²) in [7, 11) is 0. The first-order valence-corrected chi connectivity index (χ1v) is 6.31. The van der Waals surface area contributed by atoms with Crippen LogP contribution >= 0.6 is 0 Å². The van der Waals surface area contributed by atoms with E-state index in [-0.39, 0.29) is 17.5 Å². The van der Waals surface area contributed by atoms with Gasteiger partial charge in [0.2, 0.25) is 0 Å². The number of anilines is 1. The van der Waals surface area contributed by atoms with Gasteiger partial charge in [-0.05, 0) is 38.1 Å². The Hall–Kier alpha value is -2.56. The maximum atomic E-state index is 12.3. The number of aromatic nitrogens is 1. The number of rotatable bonds is 4. The molecule has 0 aliphatic carbocycles. The van der Waals surface area contributed by atoms with Gasteiger partial charge in [-0.15, -0.1) is 0 Å². The number of carboxylic acids is 1. The summed E-state index contributed by atoms with van der Waals surface area (Å²) in [4.78, 5) is 23.4. The molecule has 5 heteroatoms. The second kappa shape index (κ2) is 5.61. The van der Waals surface area contributed by atoms with Gasteiger partial charge in [0.1, 0.15) is 5.69 Å². The molecule has 0 aliphatic heterocycles. The zero-order chi connectivity index (χ0) is 14.7. The quantitative estimate of drug-likeness (QED) is 0.898. The van der Waals surface area contributed by atoms with Crippen molar-refractivity contribution >= 4 is 17.6 Å². The van der Waals surface area contributed by atoms with E-state index in [1.165, 1.54) is 6.07 Å². The fraction of sp³-hybridized carbons (Fsp3) is 0.200. The second-order valence-corrected chi connectivity index (χ2v) is 4.70. The molecule has 1 heterocycles. The number of aromatic carboxylic acids is 1. The number of carboxylic acid groups (broad SMARTS) is 1. The summed E-state index contributed by atoms with van der Waals surface area (Å²) in [6, 6.07) is 9.99.